The van der Waals surface area contributed by atoms with Crippen LogP contribution in [-0.2, 0) is 14.3 Å². The summed E-state index contributed by atoms with van der Waals surface area (Å²) >= 11 is 0. The minimum atomic E-state index is -0.369. The highest BCUT2D eigenvalue weighted by atomic mass is 16.5. The standard InChI is InChI=1S/C14H18N2O3/c1-9-3-4-11(10(2)5-9)12(15)6-16-13(17)7-19-8-14(16)18/h3-5,12H,6-8,15H2,1-2H3. The molecule has 1 unspecified atom stereocenters. The van der Waals surface area contributed by atoms with E-state index in [0.29, 0.717) is 0 Å². The Morgan fingerprint density at radius 2 is 1.89 bits per heavy atom. The molecule has 1 atom stereocenters. The predicted octanol–water partition coefficient (Wildman–Crippen LogP) is 0.689. The van der Waals surface area contributed by atoms with Crippen LogP contribution < -0.4 is 5.73 Å². The summed E-state index contributed by atoms with van der Waals surface area (Å²) < 4.78 is 4.87. The third kappa shape index (κ3) is 3.00. The Balaban J connectivity index is 2.13. The Kier molecular flexibility index (Phi) is 3.97. The molecular formula is C14H18N2O3. The Bertz CT molecular complexity index is 497. The molecular weight excluding hydrogens is 244 g/mol. The van der Waals surface area contributed by atoms with E-state index in [1.165, 1.54) is 4.90 Å². The fourth-order valence-corrected chi connectivity index (χ4v) is 2.26. The van der Waals surface area contributed by atoms with Crippen molar-refractivity contribution in [1.29, 1.82) is 0 Å². The monoisotopic (exact) mass is 262 g/mol. The molecule has 1 aromatic rings. The lowest BCUT2D eigenvalue weighted by Crippen LogP contribution is -2.48. The Morgan fingerprint density at radius 3 is 2.47 bits per heavy atom. The summed E-state index contributed by atoms with van der Waals surface area (Å²) in [6, 6.07) is 5.60. The summed E-state index contributed by atoms with van der Waals surface area (Å²) in [7, 11) is 0. The molecule has 0 saturated carbocycles. The molecule has 5 heteroatoms. The van der Waals surface area contributed by atoms with Gasteiger partial charge in [-0.2, -0.15) is 0 Å². The van der Waals surface area contributed by atoms with Crippen LogP contribution in [0.3, 0.4) is 0 Å². The average Bonchev–Trinajstić information content (AvgIpc) is 2.33. The van der Waals surface area contributed by atoms with Gasteiger partial charge in [-0.05, 0) is 25.0 Å². The summed E-state index contributed by atoms with van der Waals surface area (Å²) in [6.07, 6.45) is 0. The number of benzene rings is 1. The molecule has 1 saturated heterocycles. The normalized spacial score (nSPS) is 17.7. The van der Waals surface area contributed by atoms with Crippen molar-refractivity contribution in [3.05, 3.63) is 34.9 Å². The molecule has 2 rings (SSSR count). The number of morpholine rings is 1. The van der Waals surface area contributed by atoms with Gasteiger partial charge in [-0.3, -0.25) is 14.5 Å². The first-order valence-corrected chi connectivity index (χ1v) is 6.22. The van der Waals surface area contributed by atoms with Crippen LogP contribution >= 0.6 is 0 Å². The maximum absolute atomic E-state index is 11.6. The van der Waals surface area contributed by atoms with Crippen LogP contribution in [0.15, 0.2) is 18.2 Å². The van der Waals surface area contributed by atoms with E-state index in [9.17, 15) is 9.59 Å². The number of carbonyl (C=O) groups excluding carboxylic acids is 2. The molecule has 102 valence electrons. The van der Waals surface area contributed by atoms with Gasteiger partial charge in [-0.25, -0.2) is 0 Å². The van der Waals surface area contributed by atoms with Gasteiger partial charge >= 0.3 is 0 Å². The number of hydrogen-bond donors (Lipinski definition) is 1. The molecule has 2 amide bonds. The first kappa shape index (κ1) is 13.7. The molecule has 2 N–H and O–H groups in total. The smallest absolute Gasteiger partial charge is 0.255 e. The van der Waals surface area contributed by atoms with Gasteiger partial charge in [-0.1, -0.05) is 23.8 Å². The number of carbonyl (C=O) groups is 2. The molecule has 0 spiro atoms. The summed E-state index contributed by atoms with van der Waals surface area (Å²) in [4.78, 5) is 24.5. The summed E-state index contributed by atoms with van der Waals surface area (Å²) in [5.41, 5.74) is 9.30. The molecule has 0 radical (unpaired) electrons. The zero-order valence-corrected chi connectivity index (χ0v) is 11.2. The van der Waals surface area contributed by atoms with Gasteiger partial charge in [0.25, 0.3) is 11.8 Å². The number of hydrogen-bond acceptors (Lipinski definition) is 4. The van der Waals surface area contributed by atoms with Crippen LogP contribution in [0.5, 0.6) is 0 Å². The lowest BCUT2D eigenvalue weighted by Gasteiger charge is -2.28. The highest BCUT2D eigenvalue weighted by molar-refractivity contribution is 5.98. The maximum Gasteiger partial charge on any atom is 0.255 e. The van der Waals surface area contributed by atoms with E-state index < -0.39 is 0 Å². The lowest BCUT2D eigenvalue weighted by atomic mass is 9.99. The number of imide groups is 1. The predicted molar refractivity (Wildman–Crippen MR) is 70.4 cm³/mol. The molecule has 1 aromatic carbocycles. The first-order chi connectivity index (χ1) is 8.99. The summed E-state index contributed by atoms with van der Waals surface area (Å²) in [6.45, 7) is 4.09. The van der Waals surface area contributed by atoms with Crippen molar-refractivity contribution < 1.29 is 14.3 Å². The highest BCUT2D eigenvalue weighted by Gasteiger charge is 2.28. The van der Waals surface area contributed by atoms with Crippen molar-refractivity contribution >= 4 is 11.8 Å². The number of nitrogens with two attached hydrogens (primary N) is 1. The van der Waals surface area contributed by atoms with Crippen molar-refractivity contribution in [1.82, 2.24) is 4.90 Å². The van der Waals surface area contributed by atoms with Crippen molar-refractivity contribution in [3.63, 3.8) is 0 Å². The zero-order chi connectivity index (χ0) is 14.0. The van der Waals surface area contributed by atoms with E-state index in [1.807, 2.05) is 32.0 Å². The van der Waals surface area contributed by atoms with E-state index in [2.05, 4.69) is 0 Å². The summed E-state index contributed by atoms with van der Waals surface area (Å²) in [5.74, 6) is -0.645. The second kappa shape index (κ2) is 5.50. The zero-order valence-electron chi connectivity index (χ0n) is 11.2. The highest BCUT2D eigenvalue weighted by Crippen LogP contribution is 2.19. The van der Waals surface area contributed by atoms with Gasteiger partial charge in [-0.15, -0.1) is 0 Å². The number of aryl methyl sites for hydroxylation is 2. The van der Waals surface area contributed by atoms with Crippen molar-refractivity contribution in [3.8, 4) is 0 Å². The van der Waals surface area contributed by atoms with E-state index in [0.717, 1.165) is 16.7 Å². The van der Waals surface area contributed by atoms with Crippen LogP contribution in [0, 0.1) is 13.8 Å². The molecule has 0 bridgehead atoms. The van der Waals surface area contributed by atoms with Crippen molar-refractivity contribution in [2.45, 2.75) is 19.9 Å². The first-order valence-electron chi connectivity index (χ1n) is 6.22. The molecule has 5 nitrogen and oxygen atoms in total. The largest absolute Gasteiger partial charge is 0.362 e. The number of ether oxygens (including phenoxy) is 1. The SMILES string of the molecule is Cc1ccc(C(N)CN2C(=O)COCC2=O)c(C)c1. The fourth-order valence-electron chi connectivity index (χ4n) is 2.26. The van der Waals surface area contributed by atoms with Gasteiger partial charge in [0.1, 0.15) is 13.2 Å². The van der Waals surface area contributed by atoms with Gasteiger partial charge in [0.2, 0.25) is 0 Å². The van der Waals surface area contributed by atoms with Crippen molar-refractivity contribution in [2.24, 2.45) is 5.73 Å². The fraction of sp³-hybridized carbons (Fsp3) is 0.429. The Labute approximate surface area is 112 Å². The van der Waals surface area contributed by atoms with Crippen molar-refractivity contribution in [2.75, 3.05) is 19.8 Å². The van der Waals surface area contributed by atoms with Crippen LogP contribution in [0.25, 0.3) is 0 Å². The minimum Gasteiger partial charge on any atom is -0.362 e. The van der Waals surface area contributed by atoms with Crippen LogP contribution in [0.1, 0.15) is 22.7 Å². The van der Waals surface area contributed by atoms with Crippen LogP contribution in [0.4, 0.5) is 0 Å². The second-order valence-corrected chi connectivity index (χ2v) is 4.86. The minimum absolute atomic E-state index is 0.0503. The van der Waals surface area contributed by atoms with E-state index >= 15 is 0 Å². The van der Waals surface area contributed by atoms with E-state index in [4.69, 9.17) is 10.5 Å². The van der Waals surface area contributed by atoms with Gasteiger partial charge in [0, 0.05) is 12.6 Å². The molecule has 0 aliphatic carbocycles. The molecule has 1 heterocycles. The van der Waals surface area contributed by atoms with E-state index in [1.54, 1.807) is 0 Å². The van der Waals surface area contributed by atoms with Crippen LogP contribution in [-0.4, -0.2) is 36.5 Å². The second-order valence-electron chi connectivity index (χ2n) is 4.86. The molecule has 1 aliphatic heterocycles. The molecule has 19 heavy (non-hydrogen) atoms. The van der Waals surface area contributed by atoms with Crippen LogP contribution in [0.2, 0.25) is 0 Å². The number of amides is 2. The number of nitrogens with zero attached hydrogens (tertiary/aromatic N) is 1. The average molecular weight is 262 g/mol. The van der Waals surface area contributed by atoms with Gasteiger partial charge < -0.3 is 10.5 Å². The third-order valence-electron chi connectivity index (χ3n) is 3.26. The molecule has 0 aromatic heterocycles. The third-order valence-corrected chi connectivity index (χ3v) is 3.26. The Hall–Kier alpha value is -1.72. The summed E-state index contributed by atoms with van der Waals surface area (Å²) in [5, 5.41) is 0. The molecule has 1 aliphatic rings. The maximum atomic E-state index is 11.6. The molecule has 1 fully saturated rings. The Morgan fingerprint density at radius 1 is 1.26 bits per heavy atom. The van der Waals surface area contributed by atoms with Gasteiger partial charge in [0.15, 0.2) is 0 Å². The van der Waals surface area contributed by atoms with E-state index in [-0.39, 0.29) is 37.6 Å². The number of rotatable bonds is 3. The van der Waals surface area contributed by atoms with Gasteiger partial charge in [0.05, 0.1) is 0 Å². The topological polar surface area (TPSA) is 72.6 Å². The quantitative estimate of drug-likeness (QED) is 0.813. The lowest BCUT2D eigenvalue weighted by molar-refractivity contribution is -0.158.